The molecule has 1 aromatic heterocycles. The van der Waals surface area contributed by atoms with Gasteiger partial charge in [0.1, 0.15) is 0 Å². The molecule has 1 unspecified atom stereocenters. The molecule has 3 rings (SSSR count). The highest BCUT2D eigenvalue weighted by Crippen LogP contribution is 2.30. The van der Waals surface area contributed by atoms with E-state index in [4.69, 9.17) is 0 Å². The minimum Gasteiger partial charge on any atom is -0.310 e. The van der Waals surface area contributed by atoms with Crippen LogP contribution in [0.1, 0.15) is 6.42 Å². The van der Waals surface area contributed by atoms with Crippen molar-refractivity contribution in [3.63, 3.8) is 0 Å². The van der Waals surface area contributed by atoms with E-state index in [9.17, 15) is 4.79 Å². The number of fused-ring (bicyclic) bond motifs is 1. The smallest absolute Gasteiger partial charge is 0.227 e. The summed E-state index contributed by atoms with van der Waals surface area (Å²) in [4.78, 5) is 13.8. The van der Waals surface area contributed by atoms with Gasteiger partial charge in [0.2, 0.25) is 5.91 Å². The third-order valence-electron chi connectivity index (χ3n) is 3.23. The number of para-hydroxylation sites is 1. The summed E-state index contributed by atoms with van der Waals surface area (Å²) in [6.07, 6.45) is 4.17. The molecule has 0 aliphatic carbocycles. The molecule has 1 N–H and O–H groups in total. The molecule has 4 nitrogen and oxygen atoms in total. The van der Waals surface area contributed by atoms with Crippen LogP contribution < -0.4 is 4.90 Å². The van der Waals surface area contributed by atoms with Crippen LogP contribution in [-0.2, 0) is 4.79 Å². The first kappa shape index (κ1) is 10.1. The average Bonchev–Trinajstić information content (AvgIpc) is 2.94. The number of nitrogens with one attached hydrogen (secondary N) is 1. The van der Waals surface area contributed by atoms with Gasteiger partial charge in [0.25, 0.3) is 0 Å². The summed E-state index contributed by atoms with van der Waals surface area (Å²) in [5.41, 5.74) is 1.83. The van der Waals surface area contributed by atoms with Gasteiger partial charge in [-0.15, -0.1) is 6.58 Å². The Bertz CT molecular complexity index is 587. The highest BCUT2D eigenvalue weighted by Gasteiger charge is 2.29. The maximum Gasteiger partial charge on any atom is 0.227 e. The minimum absolute atomic E-state index is 0.150. The molecule has 1 aliphatic rings. The molecule has 0 bridgehead atoms. The number of nitrogens with zero attached hydrogens (tertiary/aromatic N) is 2. The lowest BCUT2D eigenvalue weighted by molar-refractivity contribution is -0.117. The summed E-state index contributed by atoms with van der Waals surface area (Å²) in [5.74, 6) is 0.401. The van der Waals surface area contributed by atoms with Gasteiger partial charge in [0.15, 0.2) is 0 Å². The molecule has 1 aliphatic heterocycles. The van der Waals surface area contributed by atoms with E-state index < -0.39 is 0 Å². The maximum atomic E-state index is 12.0. The van der Waals surface area contributed by atoms with E-state index >= 15 is 0 Å². The standard InChI is InChI=1S/C13H13N3O/c1-2-9-6-12(17)16(8-9)11-5-3-4-10-7-14-15-13(10)11/h2-5,7,9H,1,6,8H2,(H,14,15). The summed E-state index contributed by atoms with van der Waals surface area (Å²) in [5, 5.41) is 7.99. The number of aromatic nitrogens is 2. The van der Waals surface area contributed by atoms with E-state index in [1.54, 1.807) is 6.20 Å². The maximum absolute atomic E-state index is 12.0. The lowest BCUT2D eigenvalue weighted by atomic mass is 10.1. The monoisotopic (exact) mass is 227 g/mol. The molecule has 1 amide bonds. The van der Waals surface area contributed by atoms with E-state index in [1.807, 2.05) is 29.2 Å². The molecule has 2 aromatic rings. The quantitative estimate of drug-likeness (QED) is 0.799. The third kappa shape index (κ3) is 1.53. The van der Waals surface area contributed by atoms with Gasteiger partial charge in [-0.25, -0.2) is 0 Å². The Hall–Kier alpha value is -2.10. The third-order valence-corrected chi connectivity index (χ3v) is 3.23. The fourth-order valence-electron chi connectivity index (χ4n) is 2.30. The van der Waals surface area contributed by atoms with Crippen molar-refractivity contribution in [3.05, 3.63) is 37.1 Å². The van der Waals surface area contributed by atoms with Crippen LogP contribution in [0.25, 0.3) is 10.9 Å². The number of anilines is 1. The van der Waals surface area contributed by atoms with Crippen molar-refractivity contribution in [3.8, 4) is 0 Å². The Labute approximate surface area is 98.9 Å². The first-order valence-corrected chi connectivity index (χ1v) is 5.64. The highest BCUT2D eigenvalue weighted by atomic mass is 16.2. The van der Waals surface area contributed by atoms with Crippen LogP contribution in [0.4, 0.5) is 5.69 Å². The van der Waals surface area contributed by atoms with Crippen molar-refractivity contribution in [1.29, 1.82) is 0 Å². The molecule has 0 spiro atoms. The largest absolute Gasteiger partial charge is 0.310 e. The van der Waals surface area contributed by atoms with Crippen molar-refractivity contribution in [2.24, 2.45) is 5.92 Å². The molecule has 0 saturated carbocycles. The van der Waals surface area contributed by atoms with Crippen LogP contribution >= 0.6 is 0 Å². The minimum atomic E-state index is 0.150. The molecule has 4 heteroatoms. The van der Waals surface area contributed by atoms with Gasteiger partial charge in [-0.2, -0.15) is 5.10 Å². The highest BCUT2D eigenvalue weighted by molar-refractivity contribution is 6.03. The van der Waals surface area contributed by atoms with Gasteiger partial charge >= 0.3 is 0 Å². The van der Waals surface area contributed by atoms with Crippen LogP contribution in [-0.4, -0.2) is 22.6 Å². The van der Waals surface area contributed by atoms with Gasteiger partial charge in [-0.05, 0) is 6.07 Å². The fraction of sp³-hybridized carbons (Fsp3) is 0.231. The van der Waals surface area contributed by atoms with Crippen molar-refractivity contribution in [1.82, 2.24) is 10.2 Å². The zero-order chi connectivity index (χ0) is 11.8. The zero-order valence-corrected chi connectivity index (χ0v) is 9.39. The first-order valence-electron chi connectivity index (χ1n) is 5.64. The molecule has 0 radical (unpaired) electrons. The van der Waals surface area contributed by atoms with E-state index in [0.717, 1.165) is 16.6 Å². The SMILES string of the molecule is C=CC1CC(=O)N(c2cccc3cn[nH]c23)C1. The molecule has 2 heterocycles. The van der Waals surface area contributed by atoms with Gasteiger partial charge in [-0.3, -0.25) is 9.89 Å². The Morgan fingerprint density at radius 2 is 2.41 bits per heavy atom. The summed E-state index contributed by atoms with van der Waals surface area (Å²) in [6, 6.07) is 5.87. The predicted molar refractivity (Wildman–Crippen MR) is 66.8 cm³/mol. The molecular formula is C13H13N3O. The molecule has 86 valence electrons. The van der Waals surface area contributed by atoms with Crippen LogP contribution in [0.15, 0.2) is 37.1 Å². The molecule has 1 fully saturated rings. The molecule has 1 aromatic carbocycles. The molecule has 1 saturated heterocycles. The van der Waals surface area contributed by atoms with Crippen molar-refractivity contribution >= 4 is 22.5 Å². The van der Waals surface area contributed by atoms with E-state index in [0.29, 0.717) is 13.0 Å². The predicted octanol–water partition coefficient (Wildman–Crippen LogP) is 2.10. The average molecular weight is 227 g/mol. The second-order valence-corrected chi connectivity index (χ2v) is 4.32. The van der Waals surface area contributed by atoms with Crippen LogP contribution in [0.2, 0.25) is 0 Å². The summed E-state index contributed by atoms with van der Waals surface area (Å²) < 4.78 is 0. The lowest BCUT2D eigenvalue weighted by Gasteiger charge is -2.16. The number of carbonyl (C=O) groups is 1. The molecule has 1 atom stereocenters. The summed E-state index contributed by atoms with van der Waals surface area (Å²) in [7, 11) is 0. The second kappa shape index (κ2) is 3.73. The Morgan fingerprint density at radius 3 is 3.18 bits per heavy atom. The number of benzene rings is 1. The summed E-state index contributed by atoms with van der Waals surface area (Å²) in [6.45, 7) is 4.47. The lowest BCUT2D eigenvalue weighted by Crippen LogP contribution is -2.24. The zero-order valence-electron chi connectivity index (χ0n) is 9.39. The number of carbonyl (C=O) groups excluding carboxylic acids is 1. The second-order valence-electron chi connectivity index (χ2n) is 4.32. The number of hydrogen-bond acceptors (Lipinski definition) is 2. The topological polar surface area (TPSA) is 49.0 Å². The fourth-order valence-corrected chi connectivity index (χ4v) is 2.30. The van der Waals surface area contributed by atoms with Crippen LogP contribution in [0.5, 0.6) is 0 Å². The normalized spacial score (nSPS) is 20.1. The van der Waals surface area contributed by atoms with Gasteiger partial charge < -0.3 is 4.90 Å². The first-order chi connectivity index (χ1) is 8.29. The van der Waals surface area contributed by atoms with Crippen LogP contribution in [0.3, 0.4) is 0 Å². The molecular weight excluding hydrogens is 214 g/mol. The molecule has 17 heavy (non-hydrogen) atoms. The van der Waals surface area contributed by atoms with Gasteiger partial charge in [0, 0.05) is 24.3 Å². The number of hydrogen-bond donors (Lipinski definition) is 1. The number of amides is 1. The Balaban J connectivity index is 2.07. The number of rotatable bonds is 2. The Kier molecular flexibility index (Phi) is 2.21. The van der Waals surface area contributed by atoms with Gasteiger partial charge in [0.05, 0.1) is 17.4 Å². The van der Waals surface area contributed by atoms with Crippen LogP contribution in [0, 0.1) is 5.92 Å². The van der Waals surface area contributed by atoms with Crippen molar-refractivity contribution < 1.29 is 4.79 Å². The van der Waals surface area contributed by atoms with E-state index in [2.05, 4.69) is 16.8 Å². The van der Waals surface area contributed by atoms with Crippen molar-refractivity contribution in [2.75, 3.05) is 11.4 Å². The number of aromatic amines is 1. The number of H-pyrrole nitrogens is 1. The van der Waals surface area contributed by atoms with E-state index in [-0.39, 0.29) is 11.8 Å². The van der Waals surface area contributed by atoms with Crippen molar-refractivity contribution in [2.45, 2.75) is 6.42 Å². The van der Waals surface area contributed by atoms with E-state index in [1.165, 1.54) is 0 Å². The summed E-state index contributed by atoms with van der Waals surface area (Å²) >= 11 is 0. The van der Waals surface area contributed by atoms with Gasteiger partial charge in [-0.1, -0.05) is 18.2 Å². The Morgan fingerprint density at radius 1 is 1.53 bits per heavy atom.